The van der Waals surface area contributed by atoms with Crippen molar-refractivity contribution in [1.82, 2.24) is 4.57 Å². The van der Waals surface area contributed by atoms with Crippen LogP contribution in [0.1, 0.15) is 22.3 Å². The molecule has 0 fully saturated rings. The van der Waals surface area contributed by atoms with Gasteiger partial charge < -0.3 is 13.9 Å². The maximum atomic E-state index is 6.33. The summed E-state index contributed by atoms with van der Waals surface area (Å²) >= 11 is 0. The molecule has 0 N–H and O–H groups in total. The van der Waals surface area contributed by atoms with Crippen LogP contribution in [-0.2, 0) is 5.41 Å². The zero-order valence-electron chi connectivity index (χ0n) is 34.9. The number of fused-ring (bicyclic) bond motifs is 9. The fraction of sp³-hybridized carbons (Fsp3) is 0.0164. The molecule has 0 radical (unpaired) electrons. The van der Waals surface area contributed by atoms with E-state index in [9.17, 15) is 0 Å². The van der Waals surface area contributed by atoms with Gasteiger partial charge in [0.05, 0.1) is 22.1 Å². The third kappa shape index (κ3) is 5.34. The molecule has 3 heteroatoms. The van der Waals surface area contributed by atoms with Gasteiger partial charge in [0.15, 0.2) is 0 Å². The van der Waals surface area contributed by atoms with E-state index in [1.807, 2.05) is 12.1 Å². The molecule has 300 valence electrons. The van der Waals surface area contributed by atoms with Crippen molar-refractivity contribution < 1.29 is 4.42 Å². The molecule has 64 heavy (non-hydrogen) atoms. The Bertz CT molecular complexity index is 3640. The van der Waals surface area contributed by atoms with Crippen LogP contribution in [0.25, 0.3) is 71.7 Å². The highest BCUT2D eigenvalue weighted by Gasteiger charge is 2.47. The SMILES string of the molecule is c1ccc(C2(c3ccccc3)c3ccccc3-c3c(N(c4ccc(-c5ccc6c(c5)oc5ccccc56)cc4)c4cccc(-n5c6ccccc6c6ccccc65)c4)cccc32)cc1. The van der Waals surface area contributed by atoms with E-state index < -0.39 is 5.41 Å². The molecule has 0 saturated carbocycles. The molecule has 0 unspecified atom stereocenters. The van der Waals surface area contributed by atoms with Crippen molar-refractivity contribution >= 4 is 60.8 Å². The minimum absolute atomic E-state index is 0.528. The fourth-order valence-electron chi connectivity index (χ4n) is 10.8. The van der Waals surface area contributed by atoms with Crippen molar-refractivity contribution in [2.45, 2.75) is 5.41 Å². The van der Waals surface area contributed by atoms with Crippen LogP contribution in [0.2, 0.25) is 0 Å². The molecule has 13 rings (SSSR count). The number of furan rings is 1. The maximum absolute atomic E-state index is 6.33. The molecule has 0 amide bonds. The van der Waals surface area contributed by atoms with Crippen LogP contribution in [0.4, 0.5) is 17.1 Å². The Hall–Kier alpha value is -8.40. The Morgan fingerprint density at radius 2 is 0.953 bits per heavy atom. The van der Waals surface area contributed by atoms with Crippen molar-refractivity contribution in [2.24, 2.45) is 0 Å². The molecule has 0 atom stereocenters. The lowest BCUT2D eigenvalue weighted by molar-refractivity contribution is 0.669. The lowest BCUT2D eigenvalue weighted by Crippen LogP contribution is -2.28. The molecule has 12 aromatic rings. The number of nitrogens with zero attached hydrogens (tertiary/aromatic N) is 2. The first-order chi connectivity index (χ1) is 31.8. The zero-order chi connectivity index (χ0) is 42.2. The van der Waals surface area contributed by atoms with E-state index in [1.165, 1.54) is 55.2 Å². The molecular formula is C61H40N2O. The number of hydrogen-bond donors (Lipinski definition) is 0. The predicted octanol–water partition coefficient (Wildman–Crippen LogP) is 16.2. The molecule has 0 aliphatic heterocycles. The summed E-state index contributed by atoms with van der Waals surface area (Å²) in [6.45, 7) is 0. The number of hydrogen-bond acceptors (Lipinski definition) is 2. The molecule has 0 bridgehead atoms. The van der Waals surface area contributed by atoms with Crippen LogP contribution in [0.15, 0.2) is 247 Å². The quantitative estimate of drug-likeness (QED) is 0.160. The van der Waals surface area contributed by atoms with Crippen molar-refractivity contribution in [3.8, 4) is 27.9 Å². The summed E-state index contributed by atoms with van der Waals surface area (Å²) in [4.78, 5) is 2.46. The van der Waals surface area contributed by atoms with Crippen LogP contribution < -0.4 is 4.90 Å². The summed E-state index contributed by atoms with van der Waals surface area (Å²) in [5.41, 5.74) is 17.7. The van der Waals surface area contributed by atoms with Gasteiger partial charge in [-0.25, -0.2) is 0 Å². The summed E-state index contributed by atoms with van der Waals surface area (Å²) in [6.07, 6.45) is 0. The summed E-state index contributed by atoms with van der Waals surface area (Å²) in [5.74, 6) is 0. The smallest absolute Gasteiger partial charge is 0.136 e. The van der Waals surface area contributed by atoms with E-state index in [2.05, 4.69) is 240 Å². The first kappa shape index (κ1) is 36.3. The third-order valence-electron chi connectivity index (χ3n) is 13.5. The van der Waals surface area contributed by atoms with Gasteiger partial charge in [-0.2, -0.15) is 0 Å². The van der Waals surface area contributed by atoms with E-state index in [4.69, 9.17) is 4.42 Å². The topological polar surface area (TPSA) is 21.3 Å². The van der Waals surface area contributed by atoms with E-state index in [0.29, 0.717) is 0 Å². The third-order valence-corrected chi connectivity index (χ3v) is 13.5. The number of benzene rings is 10. The molecule has 1 aliphatic rings. The molecule has 2 aromatic heterocycles. The van der Waals surface area contributed by atoms with Gasteiger partial charge in [0.25, 0.3) is 0 Å². The molecule has 1 aliphatic carbocycles. The Morgan fingerprint density at radius 1 is 0.375 bits per heavy atom. The van der Waals surface area contributed by atoms with E-state index in [0.717, 1.165) is 55.8 Å². The average molecular weight is 817 g/mol. The number of aromatic nitrogens is 1. The molecule has 3 nitrogen and oxygen atoms in total. The normalized spacial score (nSPS) is 12.8. The first-order valence-corrected chi connectivity index (χ1v) is 22.0. The van der Waals surface area contributed by atoms with Crippen LogP contribution in [0.5, 0.6) is 0 Å². The second kappa shape index (κ2) is 14.3. The molecule has 10 aromatic carbocycles. The molecule has 0 spiro atoms. The monoisotopic (exact) mass is 816 g/mol. The van der Waals surface area contributed by atoms with E-state index in [-0.39, 0.29) is 0 Å². The predicted molar refractivity (Wildman–Crippen MR) is 265 cm³/mol. The second-order valence-electron chi connectivity index (χ2n) is 16.8. The number of rotatable bonds is 7. The van der Waals surface area contributed by atoms with Crippen LogP contribution >= 0.6 is 0 Å². The van der Waals surface area contributed by atoms with Gasteiger partial charge >= 0.3 is 0 Å². The Labute approximate surface area is 371 Å². The highest BCUT2D eigenvalue weighted by Crippen LogP contribution is 2.59. The second-order valence-corrected chi connectivity index (χ2v) is 16.8. The summed E-state index contributed by atoms with van der Waals surface area (Å²) < 4.78 is 8.74. The van der Waals surface area contributed by atoms with Crippen molar-refractivity contribution in [1.29, 1.82) is 0 Å². The standard InChI is InChI=1S/C61H40N2O/c1-3-17-43(18-4-1)61(44-19-5-2-6-20-44)53-27-11-7-26-52(53)60-54(61)28-16-31-57(60)62(45-36-33-41(34-37-45)42-35-38-51-50-25-10-14-32-58(50)64-59(51)39-42)46-21-15-22-47(40-46)63-55-29-12-8-23-48(55)49-24-9-13-30-56(49)63/h1-40H. The highest BCUT2D eigenvalue weighted by atomic mass is 16.3. The minimum Gasteiger partial charge on any atom is -0.456 e. The van der Waals surface area contributed by atoms with Gasteiger partial charge in [0.1, 0.15) is 11.2 Å². The average Bonchev–Trinajstić information content (AvgIpc) is 4.01. The van der Waals surface area contributed by atoms with Gasteiger partial charge in [-0.3, -0.25) is 0 Å². The van der Waals surface area contributed by atoms with Crippen molar-refractivity contribution in [3.63, 3.8) is 0 Å². The van der Waals surface area contributed by atoms with Crippen LogP contribution in [0, 0.1) is 0 Å². The van der Waals surface area contributed by atoms with E-state index >= 15 is 0 Å². The number of para-hydroxylation sites is 3. The molecular weight excluding hydrogens is 777 g/mol. The summed E-state index contributed by atoms with van der Waals surface area (Å²) in [5, 5.41) is 4.75. The Morgan fingerprint density at radius 3 is 1.69 bits per heavy atom. The minimum atomic E-state index is -0.528. The summed E-state index contributed by atoms with van der Waals surface area (Å²) in [7, 11) is 0. The Kier molecular flexibility index (Phi) is 8.13. The lowest BCUT2D eigenvalue weighted by atomic mass is 9.68. The van der Waals surface area contributed by atoms with Crippen LogP contribution in [-0.4, -0.2) is 4.57 Å². The van der Waals surface area contributed by atoms with Gasteiger partial charge in [-0.1, -0.05) is 176 Å². The van der Waals surface area contributed by atoms with Gasteiger partial charge in [0.2, 0.25) is 0 Å². The van der Waals surface area contributed by atoms with Crippen LogP contribution in [0.3, 0.4) is 0 Å². The van der Waals surface area contributed by atoms with Gasteiger partial charge in [-0.05, 0) is 106 Å². The first-order valence-electron chi connectivity index (χ1n) is 22.0. The number of anilines is 3. The molecule has 0 saturated heterocycles. The van der Waals surface area contributed by atoms with E-state index in [1.54, 1.807) is 0 Å². The zero-order valence-corrected chi connectivity index (χ0v) is 34.9. The maximum Gasteiger partial charge on any atom is 0.136 e. The van der Waals surface area contributed by atoms with Gasteiger partial charge in [-0.15, -0.1) is 0 Å². The lowest BCUT2D eigenvalue weighted by Gasteiger charge is -2.34. The molecule has 2 heterocycles. The van der Waals surface area contributed by atoms with Gasteiger partial charge in [0, 0.05) is 44.2 Å². The van der Waals surface area contributed by atoms with Crippen molar-refractivity contribution in [3.05, 3.63) is 265 Å². The summed E-state index contributed by atoms with van der Waals surface area (Å²) in [6, 6.07) is 88.4. The highest BCUT2D eigenvalue weighted by molar-refractivity contribution is 6.09. The van der Waals surface area contributed by atoms with Crippen molar-refractivity contribution in [2.75, 3.05) is 4.90 Å². The largest absolute Gasteiger partial charge is 0.456 e. The fourth-order valence-corrected chi connectivity index (χ4v) is 10.8. The Balaban J connectivity index is 1.04.